The number of pyridine rings is 1. The fourth-order valence-corrected chi connectivity index (χ4v) is 6.29. The van der Waals surface area contributed by atoms with E-state index in [-0.39, 0.29) is 21.7 Å². The second-order valence-corrected chi connectivity index (χ2v) is 12.8. The molecule has 5 rings (SSSR count). The summed E-state index contributed by atoms with van der Waals surface area (Å²) >= 11 is 1.76. The van der Waals surface area contributed by atoms with E-state index in [1.165, 1.54) is 12.1 Å². The maximum absolute atomic E-state index is 14.3. The van der Waals surface area contributed by atoms with E-state index in [0.29, 0.717) is 17.5 Å². The highest BCUT2D eigenvalue weighted by molar-refractivity contribution is 8.00. The summed E-state index contributed by atoms with van der Waals surface area (Å²) in [5.41, 5.74) is 1.90. The quantitative estimate of drug-likeness (QED) is 0.590. The van der Waals surface area contributed by atoms with Gasteiger partial charge in [-0.05, 0) is 43.5 Å². The molecule has 1 atom stereocenters. The van der Waals surface area contributed by atoms with Crippen LogP contribution in [0.4, 0.5) is 4.39 Å². The van der Waals surface area contributed by atoms with Gasteiger partial charge in [0, 0.05) is 41.5 Å². The molecule has 1 fully saturated rings. The molecule has 0 unspecified atom stereocenters. The molecular formula is C23H25FN4O3S2. The first-order valence-corrected chi connectivity index (χ1v) is 13.7. The van der Waals surface area contributed by atoms with Gasteiger partial charge in [0.05, 0.1) is 17.7 Å². The van der Waals surface area contributed by atoms with Crippen molar-refractivity contribution in [3.8, 4) is 11.1 Å². The standard InChI is InChI=1S/C23H25FN4O3S2/c1-22(14-29)12-20-26-27-21(28(20)9-10-32-22)23(7-8-23)19-6-4-16(13-25-19)15-3-5-18(17(24)11-15)33(2,30)31/h3-6,11,13,29H,7-10,12,14H2,1-2H3/t22-/m1/s1. The Morgan fingerprint density at radius 1 is 1.18 bits per heavy atom. The number of thioether (sulfide) groups is 1. The number of aliphatic hydroxyl groups excluding tert-OH is 1. The van der Waals surface area contributed by atoms with Crippen molar-refractivity contribution in [1.82, 2.24) is 19.7 Å². The van der Waals surface area contributed by atoms with Crippen LogP contribution in [0.2, 0.25) is 0 Å². The van der Waals surface area contributed by atoms with Gasteiger partial charge in [-0.3, -0.25) is 4.98 Å². The predicted octanol–water partition coefficient (Wildman–Crippen LogP) is 3.00. The number of hydrogen-bond acceptors (Lipinski definition) is 7. The zero-order valence-electron chi connectivity index (χ0n) is 18.5. The van der Waals surface area contributed by atoms with Crippen LogP contribution < -0.4 is 0 Å². The molecule has 1 N–H and O–H groups in total. The van der Waals surface area contributed by atoms with Crippen LogP contribution in [0.5, 0.6) is 0 Å². The van der Waals surface area contributed by atoms with Gasteiger partial charge in [0.25, 0.3) is 0 Å². The lowest BCUT2D eigenvalue weighted by Crippen LogP contribution is -2.28. The Morgan fingerprint density at radius 3 is 2.55 bits per heavy atom. The van der Waals surface area contributed by atoms with E-state index in [9.17, 15) is 17.9 Å². The molecular weight excluding hydrogens is 463 g/mol. The maximum atomic E-state index is 14.3. The number of nitrogens with zero attached hydrogens (tertiary/aromatic N) is 4. The van der Waals surface area contributed by atoms with Gasteiger partial charge >= 0.3 is 0 Å². The van der Waals surface area contributed by atoms with Crippen molar-refractivity contribution < 1.29 is 17.9 Å². The van der Waals surface area contributed by atoms with E-state index in [4.69, 9.17) is 4.98 Å². The Morgan fingerprint density at radius 2 is 1.94 bits per heavy atom. The number of halogens is 1. The lowest BCUT2D eigenvalue weighted by Gasteiger charge is -2.23. The lowest BCUT2D eigenvalue weighted by atomic mass is 9.98. The molecule has 0 bridgehead atoms. The van der Waals surface area contributed by atoms with Crippen LogP contribution in [0.1, 0.15) is 37.1 Å². The van der Waals surface area contributed by atoms with Crippen LogP contribution in [0.25, 0.3) is 11.1 Å². The number of fused-ring (bicyclic) bond motifs is 1. The third kappa shape index (κ3) is 3.98. The van der Waals surface area contributed by atoms with Crippen LogP contribution in [0.3, 0.4) is 0 Å². The lowest BCUT2D eigenvalue weighted by molar-refractivity contribution is 0.254. The molecule has 0 radical (unpaired) electrons. The Kier molecular flexibility index (Phi) is 5.37. The Balaban J connectivity index is 1.45. The van der Waals surface area contributed by atoms with Gasteiger partial charge in [-0.2, -0.15) is 11.8 Å². The topological polar surface area (TPSA) is 98.0 Å². The fraction of sp³-hybridized carbons (Fsp3) is 0.435. The van der Waals surface area contributed by atoms with Gasteiger partial charge in [-0.1, -0.05) is 12.1 Å². The molecule has 10 heteroatoms. The first-order valence-electron chi connectivity index (χ1n) is 10.8. The Hall–Kier alpha value is -2.30. The molecule has 174 valence electrons. The normalized spacial score (nSPS) is 21.9. The molecule has 1 aliphatic heterocycles. The zero-order valence-corrected chi connectivity index (χ0v) is 20.1. The number of sulfone groups is 1. The minimum atomic E-state index is -3.62. The summed E-state index contributed by atoms with van der Waals surface area (Å²) < 4.78 is 39.6. The minimum absolute atomic E-state index is 0.0970. The summed E-state index contributed by atoms with van der Waals surface area (Å²) in [7, 11) is -3.62. The predicted molar refractivity (Wildman–Crippen MR) is 124 cm³/mol. The van der Waals surface area contributed by atoms with E-state index in [0.717, 1.165) is 48.7 Å². The second kappa shape index (κ2) is 7.89. The molecule has 3 heterocycles. The molecule has 33 heavy (non-hydrogen) atoms. The molecule has 3 aromatic rings. The van der Waals surface area contributed by atoms with Gasteiger partial charge in [-0.15, -0.1) is 10.2 Å². The monoisotopic (exact) mass is 488 g/mol. The van der Waals surface area contributed by atoms with Crippen LogP contribution in [-0.4, -0.2) is 56.6 Å². The van der Waals surface area contributed by atoms with Gasteiger partial charge in [0.15, 0.2) is 9.84 Å². The molecule has 1 saturated carbocycles. The van der Waals surface area contributed by atoms with E-state index >= 15 is 0 Å². The van der Waals surface area contributed by atoms with Gasteiger partial charge in [0.2, 0.25) is 0 Å². The first-order chi connectivity index (χ1) is 15.7. The molecule has 0 amide bonds. The van der Waals surface area contributed by atoms with Crippen molar-refractivity contribution in [3.63, 3.8) is 0 Å². The van der Waals surface area contributed by atoms with Crippen molar-refractivity contribution in [2.45, 2.75) is 47.8 Å². The molecule has 0 saturated heterocycles. The fourth-order valence-electron chi connectivity index (χ4n) is 4.47. The average Bonchev–Trinajstić information content (AvgIpc) is 3.52. The van der Waals surface area contributed by atoms with Crippen molar-refractivity contribution in [1.29, 1.82) is 0 Å². The van der Waals surface area contributed by atoms with Crippen LogP contribution in [-0.2, 0) is 28.2 Å². The van der Waals surface area contributed by atoms with E-state index in [1.807, 2.05) is 12.1 Å². The van der Waals surface area contributed by atoms with Crippen molar-refractivity contribution >= 4 is 21.6 Å². The Bertz CT molecular complexity index is 1320. The summed E-state index contributed by atoms with van der Waals surface area (Å²) in [5.74, 6) is 1.93. The zero-order chi connectivity index (χ0) is 23.4. The van der Waals surface area contributed by atoms with Gasteiger partial charge < -0.3 is 9.67 Å². The summed E-state index contributed by atoms with van der Waals surface area (Å²) in [6.45, 7) is 2.95. The molecule has 2 aromatic heterocycles. The number of benzene rings is 1. The third-order valence-corrected chi connectivity index (χ3v) is 9.04. The summed E-state index contributed by atoms with van der Waals surface area (Å²) in [6.07, 6.45) is 5.21. The van der Waals surface area contributed by atoms with Crippen molar-refractivity contribution in [2.24, 2.45) is 0 Å². The summed E-state index contributed by atoms with van der Waals surface area (Å²) in [6, 6.07) is 7.94. The van der Waals surface area contributed by atoms with Gasteiger partial charge in [0.1, 0.15) is 22.4 Å². The Labute approximate surface area is 196 Å². The number of aromatic nitrogens is 4. The molecule has 0 spiro atoms. The van der Waals surface area contributed by atoms with Crippen molar-refractivity contribution in [3.05, 3.63) is 59.7 Å². The first kappa shape index (κ1) is 22.5. The second-order valence-electron chi connectivity index (χ2n) is 9.16. The van der Waals surface area contributed by atoms with E-state index in [2.05, 4.69) is 21.7 Å². The number of aliphatic hydroxyl groups is 1. The summed E-state index contributed by atoms with van der Waals surface area (Å²) in [4.78, 5) is 4.39. The molecule has 1 aromatic carbocycles. The highest BCUT2D eigenvalue weighted by Crippen LogP contribution is 2.52. The molecule has 1 aliphatic carbocycles. The SMILES string of the molecule is C[C@]1(CO)Cc2nnc(C3(c4ccc(-c5ccc(S(C)(=O)=O)c(F)c5)cn4)CC3)n2CCS1. The number of rotatable bonds is 5. The minimum Gasteiger partial charge on any atom is -0.395 e. The largest absolute Gasteiger partial charge is 0.395 e. The van der Waals surface area contributed by atoms with E-state index < -0.39 is 15.7 Å². The summed E-state index contributed by atoms with van der Waals surface area (Å²) in [5, 5.41) is 18.8. The molecule has 2 aliphatic rings. The van der Waals surface area contributed by atoms with Crippen LogP contribution >= 0.6 is 11.8 Å². The highest BCUT2D eigenvalue weighted by Gasteiger charge is 2.52. The molecule has 7 nitrogen and oxygen atoms in total. The number of hydrogen-bond donors (Lipinski definition) is 1. The van der Waals surface area contributed by atoms with E-state index in [1.54, 1.807) is 24.0 Å². The van der Waals surface area contributed by atoms with Crippen LogP contribution in [0.15, 0.2) is 41.4 Å². The maximum Gasteiger partial charge on any atom is 0.178 e. The smallest absolute Gasteiger partial charge is 0.178 e. The average molecular weight is 489 g/mol. The van der Waals surface area contributed by atoms with Gasteiger partial charge in [-0.25, -0.2) is 12.8 Å². The van der Waals surface area contributed by atoms with Crippen LogP contribution in [0, 0.1) is 5.82 Å². The highest BCUT2D eigenvalue weighted by atomic mass is 32.2. The third-order valence-electron chi connectivity index (χ3n) is 6.56. The van der Waals surface area contributed by atoms with Crippen molar-refractivity contribution in [2.75, 3.05) is 18.6 Å².